The number of benzene rings is 2. The van der Waals surface area contributed by atoms with Crippen molar-refractivity contribution in [3.8, 4) is 0 Å². The summed E-state index contributed by atoms with van der Waals surface area (Å²) in [6.07, 6.45) is 4.22. The van der Waals surface area contributed by atoms with Crippen LogP contribution in [0.4, 0.5) is 18.9 Å². The van der Waals surface area contributed by atoms with Crippen molar-refractivity contribution in [2.75, 3.05) is 50.8 Å². The molecule has 6 nitrogen and oxygen atoms in total. The Kier molecular flexibility index (Phi) is 7.74. The number of carbonyl (C=O) groups excluding carboxylic acids is 2. The molecule has 2 aliphatic carbocycles. The van der Waals surface area contributed by atoms with Crippen LogP contribution in [0.3, 0.4) is 0 Å². The molecule has 216 valence electrons. The number of nitrogens with zero attached hydrogens (tertiary/aromatic N) is 3. The first-order chi connectivity index (χ1) is 19.8. The first kappa shape index (κ1) is 27.7. The maximum absolute atomic E-state index is 13.3. The van der Waals surface area contributed by atoms with Crippen LogP contribution in [0.25, 0.3) is 6.08 Å². The number of piperazine rings is 1. The number of likely N-dealkylation sites (tertiary alicyclic amines) is 1. The Hall–Kier alpha value is -3.43. The topological polar surface area (TPSA) is 53.1 Å². The highest BCUT2D eigenvalue weighted by atomic mass is 19.4. The first-order valence-electron chi connectivity index (χ1n) is 14.3. The van der Waals surface area contributed by atoms with E-state index in [0.717, 1.165) is 18.1 Å². The summed E-state index contributed by atoms with van der Waals surface area (Å²) >= 11 is 0. The Morgan fingerprint density at radius 3 is 2.22 bits per heavy atom. The van der Waals surface area contributed by atoms with Crippen LogP contribution >= 0.6 is 0 Å². The summed E-state index contributed by atoms with van der Waals surface area (Å²) in [6.45, 7) is 3.48. The monoisotopic (exact) mass is 565 g/mol. The number of fused-ring (bicyclic) bond motifs is 5. The number of carbonyl (C=O) groups is 2. The smallest absolute Gasteiger partial charge is 0.371 e. The highest BCUT2D eigenvalue weighted by Gasteiger charge is 2.59. The van der Waals surface area contributed by atoms with Gasteiger partial charge in [-0.15, -0.1) is 0 Å². The third-order valence-electron chi connectivity index (χ3n) is 8.86. The molecule has 0 N–H and O–H groups in total. The number of rotatable bonds is 9. The van der Waals surface area contributed by atoms with E-state index in [-0.39, 0.29) is 48.1 Å². The Morgan fingerprint density at radius 1 is 0.878 bits per heavy atom. The zero-order chi connectivity index (χ0) is 28.6. The third kappa shape index (κ3) is 5.83. The molecule has 0 radical (unpaired) electrons. The molecule has 0 aromatic heterocycles. The molecule has 6 rings (SSSR count). The van der Waals surface area contributed by atoms with E-state index < -0.39 is 11.7 Å². The Labute approximate surface area is 238 Å². The van der Waals surface area contributed by atoms with E-state index in [1.54, 1.807) is 6.07 Å². The molecule has 2 bridgehead atoms. The van der Waals surface area contributed by atoms with Crippen LogP contribution in [-0.4, -0.2) is 73.6 Å². The molecule has 4 aliphatic rings. The van der Waals surface area contributed by atoms with Gasteiger partial charge in [-0.1, -0.05) is 60.7 Å². The van der Waals surface area contributed by atoms with Crippen molar-refractivity contribution < 1.29 is 27.5 Å². The maximum Gasteiger partial charge on any atom is 0.416 e. The van der Waals surface area contributed by atoms with Crippen LogP contribution in [-0.2, 0) is 20.5 Å². The number of halogens is 3. The number of ether oxygens (including phenoxy) is 1. The van der Waals surface area contributed by atoms with Crippen LogP contribution in [0, 0.1) is 23.7 Å². The second-order valence-electron chi connectivity index (χ2n) is 11.4. The predicted octanol–water partition coefficient (Wildman–Crippen LogP) is 4.73. The highest BCUT2D eigenvalue weighted by Crippen LogP contribution is 2.52. The molecule has 2 aliphatic heterocycles. The molecule has 2 amide bonds. The summed E-state index contributed by atoms with van der Waals surface area (Å²) in [4.78, 5) is 32.2. The molecule has 2 aromatic carbocycles. The van der Waals surface area contributed by atoms with Crippen LogP contribution < -0.4 is 4.90 Å². The van der Waals surface area contributed by atoms with E-state index in [2.05, 4.69) is 17.1 Å². The molecular formula is C32H34F3N3O3. The van der Waals surface area contributed by atoms with Gasteiger partial charge in [0.1, 0.15) is 0 Å². The number of imide groups is 1. The minimum atomic E-state index is -4.38. The van der Waals surface area contributed by atoms with Gasteiger partial charge in [0.2, 0.25) is 11.8 Å². The van der Waals surface area contributed by atoms with Gasteiger partial charge in [-0.2, -0.15) is 13.2 Å². The minimum Gasteiger partial charge on any atom is -0.371 e. The van der Waals surface area contributed by atoms with Gasteiger partial charge in [-0.3, -0.25) is 19.4 Å². The lowest BCUT2D eigenvalue weighted by Crippen LogP contribution is -2.51. The Balaban J connectivity index is 1.10. The van der Waals surface area contributed by atoms with Crippen molar-refractivity contribution in [3.63, 3.8) is 0 Å². The number of allylic oxidation sites excluding steroid dienone is 2. The quantitative estimate of drug-likeness (QED) is 0.325. The largest absolute Gasteiger partial charge is 0.416 e. The lowest BCUT2D eigenvalue weighted by atomic mass is 9.85. The van der Waals surface area contributed by atoms with Crippen LogP contribution in [0.15, 0.2) is 72.8 Å². The van der Waals surface area contributed by atoms with E-state index in [1.165, 1.54) is 17.0 Å². The van der Waals surface area contributed by atoms with Crippen molar-refractivity contribution >= 4 is 23.6 Å². The normalized spacial score (nSPS) is 26.9. The van der Waals surface area contributed by atoms with Gasteiger partial charge < -0.3 is 9.64 Å². The van der Waals surface area contributed by atoms with Crippen LogP contribution in [0.1, 0.15) is 17.5 Å². The third-order valence-corrected chi connectivity index (χ3v) is 8.86. The van der Waals surface area contributed by atoms with Crippen LogP contribution in [0.5, 0.6) is 0 Å². The van der Waals surface area contributed by atoms with Crippen molar-refractivity contribution in [2.24, 2.45) is 23.7 Å². The minimum absolute atomic E-state index is 0.0837. The highest BCUT2D eigenvalue weighted by molar-refractivity contribution is 6.06. The fraction of sp³-hybridized carbons (Fsp3) is 0.438. The lowest BCUT2D eigenvalue weighted by molar-refractivity contribution is -0.143. The van der Waals surface area contributed by atoms with E-state index in [4.69, 9.17) is 4.74 Å². The molecule has 2 heterocycles. The van der Waals surface area contributed by atoms with Gasteiger partial charge in [0.05, 0.1) is 36.7 Å². The molecule has 3 fully saturated rings. The molecule has 2 aromatic rings. The van der Waals surface area contributed by atoms with E-state index in [1.807, 2.05) is 47.4 Å². The van der Waals surface area contributed by atoms with Gasteiger partial charge in [0.25, 0.3) is 0 Å². The molecular weight excluding hydrogens is 531 g/mol. The van der Waals surface area contributed by atoms with Crippen molar-refractivity contribution in [3.05, 3.63) is 84.0 Å². The standard InChI is InChI=1S/C32H34F3N3O3/c33-32(34,35)25-9-4-10-26(19-25)37-15-13-36(14-16-37)20-27(41-17-5-8-22-6-2-1-3-7-22)21-38-30(39)28-23-11-12-24(18-23)29(28)31(38)40/h1-12,19,23-24,27-29H,13-18,20-21H2/t23-,24?,27?,28-,29?/m0/s1. The van der Waals surface area contributed by atoms with Gasteiger partial charge in [-0.25, -0.2) is 0 Å². The number of hydrogen-bond donors (Lipinski definition) is 0. The second-order valence-corrected chi connectivity index (χ2v) is 11.4. The summed E-state index contributed by atoms with van der Waals surface area (Å²) in [7, 11) is 0. The van der Waals surface area contributed by atoms with E-state index in [0.29, 0.717) is 45.0 Å². The summed E-state index contributed by atoms with van der Waals surface area (Å²) < 4.78 is 45.9. The first-order valence-corrected chi connectivity index (χ1v) is 14.3. The average Bonchev–Trinajstić information content (AvgIpc) is 3.66. The Morgan fingerprint density at radius 2 is 1.56 bits per heavy atom. The molecule has 5 atom stereocenters. The fourth-order valence-electron chi connectivity index (χ4n) is 6.81. The number of amides is 2. The molecule has 2 saturated heterocycles. The van der Waals surface area contributed by atoms with Gasteiger partial charge in [0.15, 0.2) is 0 Å². The number of hydrogen-bond acceptors (Lipinski definition) is 5. The van der Waals surface area contributed by atoms with E-state index in [9.17, 15) is 22.8 Å². The summed E-state index contributed by atoms with van der Waals surface area (Å²) in [5.41, 5.74) is 0.961. The number of alkyl halides is 3. The zero-order valence-corrected chi connectivity index (χ0v) is 22.7. The van der Waals surface area contributed by atoms with Crippen molar-refractivity contribution in [1.29, 1.82) is 0 Å². The van der Waals surface area contributed by atoms with Crippen LogP contribution in [0.2, 0.25) is 0 Å². The van der Waals surface area contributed by atoms with Gasteiger partial charge in [0, 0.05) is 38.4 Å². The number of anilines is 1. The molecule has 9 heteroatoms. The molecule has 3 unspecified atom stereocenters. The Bertz CT molecular complexity index is 1290. The average molecular weight is 566 g/mol. The SMILES string of the molecule is O=C1C2C3C=C[C@@H](C3)[C@@H]2C(=O)N1CC(CN1CCN(c2cccc(C(F)(F)F)c2)CC1)OCC=Cc1ccccc1. The molecule has 1 saturated carbocycles. The summed E-state index contributed by atoms with van der Waals surface area (Å²) in [5, 5.41) is 0. The lowest BCUT2D eigenvalue weighted by Gasteiger charge is -2.38. The molecule has 41 heavy (non-hydrogen) atoms. The van der Waals surface area contributed by atoms with E-state index >= 15 is 0 Å². The molecule has 0 spiro atoms. The summed E-state index contributed by atoms with van der Waals surface area (Å²) in [5.74, 6) is -0.342. The van der Waals surface area contributed by atoms with Crippen molar-refractivity contribution in [1.82, 2.24) is 9.80 Å². The van der Waals surface area contributed by atoms with Crippen molar-refractivity contribution in [2.45, 2.75) is 18.7 Å². The fourth-order valence-corrected chi connectivity index (χ4v) is 6.81. The summed E-state index contributed by atoms with van der Waals surface area (Å²) in [6, 6.07) is 15.3. The second kappa shape index (κ2) is 11.4. The van der Waals surface area contributed by atoms with Gasteiger partial charge in [-0.05, 0) is 42.0 Å². The van der Waals surface area contributed by atoms with Gasteiger partial charge >= 0.3 is 6.18 Å². The zero-order valence-electron chi connectivity index (χ0n) is 22.7. The maximum atomic E-state index is 13.3. The predicted molar refractivity (Wildman–Crippen MR) is 150 cm³/mol.